The molecule has 0 aliphatic rings. The smallest absolute Gasteiger partial charge is 0.0646 e. The quantitative estimate of drug-likeness (QED) is 0.164. The van der Waals surface area contributed by atoms with Crippen LogP contribution in [0.4, 0.5) is 0 Å². The minimum atomic E-state index is 0. The topological polar surface area (TPSA) is 56.3 Å². The summed E-state index contributed by atoms with van der Waals surface area (Å²) < 4.78 is 0. The molecular formula is C32H28CuN4. The molecule has 6 aromatic rings. The van der Waals surface area contributed by atoms with Crippen LogP contribution in [0.25, 0.3) is 21.5 Å². The molecule has 0 bridgehead atoms. The first-order valence-electron chi connectivity index (χ1n) is 12.1. The summed E-state index contributed by atoms with van der Waals surface area (Å²) in [7, 11) is 0. The zero-order valence-electron chi connectivity index (χ0n) is 20.3. The van der Waals surface area contributed by atoms with Crippen molar-refractivity contribution in [1.29, 1.82) is 0 Å². The maximum atomic E-state index is 4.48. The second-order valence-electron chi connectivity index (χ2n) is 8.47. The number of rotatable bonds is 6. The van der Waals surface area contributed by atoms with Gasteiger partial charge in [0.25, 0.3) is 0 Å². The van der Waals surface area contributed by atoms with E-state index in [0.717, 1.165) is 11.4 Å². The number of aliphatic imine (C=N–C) groups is 2. The Balaban J connectivity index is 0.000000168. The summed E-state index contributed by atoms with van der Waals surface area (Å²) in [6.45, 7) is 1.42. The maximum absolute atomic E-state index is 4.48. The molecule has 0 saturated carbocycles. The summed E-state index contributed by atoms with van der Waals surface area (Å²) in [4.78, 5) is 15.2. The van der Waals surface area contributed by atoms with Crippen molar-refractivity contribution >= 4 is 34.0 Å². The van der Waals surface area contributed by atoms with Crippen LogP contribution in [0.3, 0.4) is 0 Å². The summed E-state index contributed by atoms with van der Waals surface area (Å²) in [6.07, 6.45) is 7.56. The van der Waals surface area contributed by atoms with Crippen LogP contribution in [0.15, 0.2) is 132 Å². The van der Waals surface area contributed by atoms with Gasteiger partial charge in [-0.25, -0.2) is 0 Å². The van der Waals surface area contributed by atoms with Crippen LogP contribution in [-0.2, 0) is 30.2 Å². The number of aromatic amines is 2. The van der Waals surface area contributed by atoms with Gasteiger partial charge in [-0.2, -0.15) is 0 Å². The van der Waals surface area contributed by atoms with E-state index in [2.05, 4.69) is 105 Å². The Bertz CT molecular complexity index is 1450. The summed E-state index contributed by atoms with van der Waals surface area (Å²) >= 11 is 0. The van der Waals surface area contributed by atoms with Crippen LogP contribution in [0.1, 0.15) is 22.5 Å². The largest absolute Gasteiger partial charge is 0.360 e. The SMILES string of the molecule is C(=NCc1cccc2ccccc12)c1ccc[nH]1.C(=NCc1cccc2ccccc12)c1ccc[nH]1.[Cu]. The van der Waals surface area contributed by atoms with E-state index in [1.54, 1.807) is 0 Å². The Kier molecular flexibility index (Phi) is 9.25. The van der Waals surface area contributed by atoms with Crippen molar-refractivity contribution in [1.82, 2.24) is 9.97 Å². The van der Waals surface area contributed by atoms with Gasteiger partial charge >= 0.3 is 0 Å². The Hall–Kier alpha value is -4.18. The number of benzene rings is 4. The van der Waals surface area contributed by atoms with Crippen molar-refractivity contribution in [2.75, 3.05) is 0 Å². The Morgan fingerprint density at radius 2 is 0.919 bits per heavy atom. The zero-order chi connectivity index (χ0) is 24.4. The molecule has 0 fully saturated rings. The van der Waals surface area contributed by atoms with Gasteiger partial charge in [0.1, 0.15) is 0 Å². The van der Waals surface area contributed by atoms with Gasteiger partial charge in [0.05, 0.1) is 24.5 Å². The van der Waals surface area contributed by atoms with E-state index in [1.165, 1.54) is 32.7 Å². The van der Waals surface area contributed by atoms with Gasteiger partial charge in [0, 0.05) is 41.9 Å². The van der Waals surface area contributed by atoms with Crippen molar-refractivity contribution in [2.45, 2.75) is 13.1 Å². The molecule has 4 aromatic carbocycles. The summed E-state index contributed by atoms with van der Waals surface area (Å²) in [5.41, 5.74) is 4.59. The average molecular weight is 532 g/mol. The van der Waals surface area contributed by atoms with Gasteiger partial charge in [0.15, 0.2) is 0 Å². The van der Waals surface area contributed by atoms with E-state index in [1.807, 2.05) is 49.1 Å². The first-order chi connectivity index (χ1) is 17.9. The van der Waals surface area contributed by atoms with Crippen LogP contribution >= 0.6 is 0 Å². The van der Waals surface area contributed by atoms with Gasteiger partial charge in [-0.05, 0) is 56.9 Å². The first kappa shape index (κ1) is 25.9. The molecule has 2 heterocycles. The van der Waals surface area contributed by atoms with E-state index in [-0.39, 0.29) is 17.1 Å². The standard InChI is InChI=1S/2C16H14N2.Cu/c2*1-2-9-16-13(5-1)6-3-7-14(16)11-17-12-15-8-4-10-18-15;/h2*1-10,12,18H,11H2;. The molecule has 187 valence electrons. The molecule has 0 saturated heterocycles. The fourth-order valence-corrected chi connectivity index (χ4v) is 4.19. The average Bonchev–Trinajstić information content (AvgIpc) is 3.64. The monoisotopic (exact) mass is 531 g/mol. The molecule has 0 unspecified atom stereocenters. The van der Waals surface area contributed by atoms with E-state index in [0.29, 0.717) is 13.1 Å². The third-order valence-electron chi connectivity index (χ3n) is 5.99. The second-order valence-corrected chi connectivity index (χ2v) is 8.47. The molecule has 6 rings (SSSR count). The molecule has 0 atom stereocenters. The molecule has 1 radical (unpaired) electrons. The molecule has 0 amide bonds. The van der Waals surface area contributed by atoms with Crippen LogP contribution in [0.5, 0.6) is 0 Å². The van der Waals surface area contributed by atoms with Crippen LogP contribution in [0.2, 0.25) is 0 Å². The predicted octanol–water partition coefficient (Wildman–Crippen LogP) is 7.57. The molecule has 37 heavy (non-hydrogen) atoms. The molecule has 4 nitrogen and oxygen atoms in total. The van der Waals surface area contributed by atoms with Crippen molar-refractivity contribution in [3.63, 3.8) is 0 Å². The van der Waals surface area contributed by atoms with E-state index >= 15 is 0 Å². The van der Waals surface area contributed by atoms with Crippen molar-refractivity contribution in [3.8, 4) is 0 Å². The number of H-pyrrole nitrogens is 2. The van der Waals surface area contributed by atoms with E-state index < -0.39 is 0 Å². The number of nitrogens with zero attached hydrogens (tertiary/aromatic N) is 2. The summed E-state index contributed by atoms with van der Waals surface area (Å²) in [6, 6.07) is 37.5. The molecule has 5 heteroatoms. The van der Waals surface area contributed by atoms with Gasteiger partial charge < -0.3 is 9.97 Å². The third kappa shape index (κ3) is 6.95. The van der Waals surface area contributed by atoms with Gasteiger partial charge in [-0.3, -0.25) is 9.98 Å². The van der Waals surface area contributed by atoms with Crippen molar-refractivity contribution in [3.05, 3.63) is 144 Å². The summed E-state index contributed by atoms with van der Waals surface area (Å²) in [5.74, 6) is 0. The fraction of sp³-hybridized carbons (Fsp3) is 0.0625. The number of nitrogens with one attached hydrogen (secondary N) is 2. The molecule has 2 N–H and O–H groups in total. The number of hydrogen-bond donors (Lipinski definition) is 2. The molecule has 0 aliphatic carbocycles. The molecule has 2 aromatic heterocycles. The minimum Gasteiger partial charge on any atom is -0.360 e. The van der Waals surface area contributed by atoms with Crippen molar-refractivity contribution in [2.24, 2.45) is 9.98 Å². The van der Waals surface area contributed by atoms with E-state index in [9.17, 15) is 0 Å². The molecular weight excluding hydrogens is 504 g/mol. The predicted molar refractivity (Wildman–Crippen MR) is 152 cm³/mol. The Labute approximate surface area is 227 Å². The van der Waals surface area contributed by atoms with Crippen molar-refractivity contribution < 1.29 is 17.1 Å². The van der Waals surface area contributed by atoms with E-state index in [4.69, 9.17) is 0 Å². The Morgan fingerprint density at radius 1 is 0.486 bits per heavy atom. The summed E-state index contributed by atoms with van der Waals surface area (Å²) in [5, 5.41) is 5.10. The number of aromatic nitrogens is 2. The zero-order valence-corrected chi connectivity index (χ0v) is 21.3. The number of fused-ring (bicyclic) bond motifs is 2. The van der Waals surface area contributed by atoms with Crippen LogP contribution in [0, 0.1) is 0 Å². The Morgan fingerprint density at radius 3 is 1.35 bits per heavy atom. The minimum absolute atomic E-state index is 0. The van der Waals surface area contributed by atoms with Crippen LogP contribution in [-0.4, -0.2) is 22.4 Å². The maximum Gasteiger partial charge on any atom is 0.0646 e. The number of hydrogen-bond acceptors (Lipinski definition) is 2. The normalized spacial score (nSPS) is 11.0. The van der Waals surface area contributed by atoms with Gasteiger partial charge in [-0.1, -0.05) is 84.9 Å². The van der Waals surface area contributed by atoms with Crippen LogP contribution < -0.4 is 0 Å². The third-order valence-corrected chi connectivity index (χ3v) is 5.99. The molecule has 0 aliphatic heterocycles. The van der Waals surface area contributed by atoms with Gasteiger partial charge in [0.2, 0.25) is 0 Å². The second kappa shape index (κ2) is 13.2. The fourth-order valence-electron chi connectivity index (χ4n) is 4.19. The first-order valence-corrected chi connectivity index (χ1v) is 12.1. The molecule has 0 spiro atoms. The van der Waals surface area contributed by atoms with Gasteiger partial charge in [-0.15, -0.1) is 0 Å².